The summed E-state index contributed by atoms with van der Waals surface area (Å²) >= 11 is 13.0. The number of benzene rings is 4. The third kappa shape index (κ3) is 15.2. The van der Waals surface area contributed by atoms with Gasteiger partial charge < -0.3 is 36.1 Å². The molecule has 486 valence electrons. The van der Waals surface area contributed by atoms with E-state index in [0.29, 0.717) is 59.1 Å². The highest BCUT2D eigenvalue weighted by Crippen LogP contribution is 2.49. The second-order valence-electron chi connectivity index (χ2n) is 27.0. The first kappa shape index (κ1) is 66.2. The molecule has 4 saturated carbocycles. The molecule has 4 aromatic carbocycles. The van der Waals surface area contributed by atoms with E-state index in [1.54, 1.807) is 76.2 Å². The highest BCUT2D eigenvalue weighted by molar-refractivity contribution is 7.92. The lowest BCUT2D eigenvalue weighted by Crippen LogP contribution is -2.50. The van der Waals surface area contributed by atoms with Crippen molar-refractivity contribution in [2.24, 2.45) is 23.7 Å². The number of ether oxygens (including phenoxy) is 2. The fourth-order valence-electron chi connectivity index (χ4n) is 13.0. The van der Waals surface area contributed by atoms with Crippen LogP contribution in [0.5, 0.6) is 11.5 Å². The van der Waals surface area contributed by atoms with E-state index in [1.165, 1.54) is 98.9 Å². The topological polar surface area (TPSA) is 202 Å². The van der Waals surface area contributed by atoms with E-state index in [9.17, 15) is 16.8 Å². The van der Waals surface area contributed by atoms with E-state index >= 15 is 0 Å². The zero-order valence-electron chi connectivity index (χ0n) is 54.4. The Bertz CT molecular complexity index is 3940. The van der Waals surface area contributed by atoms with E-state index in [1.807, 2.05) is 27.7 Å². The number of anilines is 8. The van der Waals surface area contributed by atoms with E-state index in [0.717, 1.165) is 70.5 Å². The molecule has 0 unspecified atom stereocenters. The summed E-state index contributed by atoms with van der Waals surface area (Å²) in [5.74, 6) is 5.75. The van der Waals surface area contributed by atoms with Crippen molar-refractivity contribution in [3.05, 3.63) is 130 Å². The number of aromatic nitrogens is 4. The van der Waals surface area contributed by atoms with Crippen LogP contribution in [0, 0.1) is 37.5 Å². The molecule has 2 aromatic heterocycles. The summed E-state index contributed by atoms with van der Waals surface area (Å²) in [4.78, 5) is 21.2. The molecule has 2 aliphatic heterocycles. The zero-order chi connectivity index (χ0) is 64.6. The van der Waals surface area contributed by atoms with Gasteiger partial charge in [-0.15, -0.1) is 0 Å². The molecule has 4 atom stereocenters. The summed E-state index contributed by atoms with van der Waals surface area (Å²) < 4.78 is 64.8. The van der Waals surface area contributed by atoms with Crippen LogP contribution < -0.4 is 36.1 Å². The van der Waals surface area contributed by atoms with Gasteiger partial charge in [-0.2, -0.15) is 9.97 Å². The molecular weight excluding hydrogens is 1220 g/mol. The number of likely N-dealkylation sites (N-methyl/N-ethyl adjacent to an activating group) is 1. The fourth-order valence-corrected chi connectivity index (χ4v) is 15.7. The summed E-state index contributed by atoms with van der Waals surface area (Å²) in [5, 5.41) is 16.4. The third-order valence-electron chi connectivity index (χ3n) is 18.9. The van der Waals surface area contributed by atoms with Gasteiger partial charge in [0, 0.05) is 24.2 Å². The fraction of sp³-hybridized carbons (Fsp3) is 0.493. The number of aryl methyl sites for hydroxylation is 2. The molecule has 91 heavy (non-hydrogen) atoms. The number of nitrogens with zero attached hydrogens (tertiary/aromatic N) is 5. The summed E-state index contributed by atoms with van der Waals surface area (Å²) in [5.41, 5.74) is 9.95. The summed E-state index contributed by atoms with van der Waals surface area (Å²) in [6, 6.07) is 24.2. The van der Waals surface area contributed by atoms with Crippen LogP contribution in [0.15, 0.2) is 107 Å². The minimum absolute atomic E-state index is 0.0335. The predicted octanol–water partition coefficient (Wildman–Crippen LogP) is 16.8. The third-order valence-corrected chi connectivity index (χ3v) is 23.8. The Morgan fingerprint density at radius 2 is 1.00 bits per heavy atom. The first-order chi connectivity index (χ1) is 43.4. The van der Waals surface area contributed by atoms with Gasteiger partial charge in [0.2, 0.25) is 11.9 Å². The first-order valence-electron chi connectivity index (χ1n) is 32.7. The van der Waals surface area contributed by atoms with Gasteiger partial charge in [0.05, 0.1) is 67.6 Å². The highest BCUT2D eigenvalue weighted by Gasteiger charge is 2.44. The SMILES string of the molecule is Cc1cc(Nc2ncc(Cl)c(Nc3ccccc3S(=O)(=O)C(C)C)n2)c(OC(C)C)cc1C1=C[C@H](C2CC2)N(C)[C@H](C2CC2)C1.Cc1cc(Nc2ncc(Cl)c(Nc3ccccc3S(=O)(=O)C(C)C)n2)c(OC(C)C)cc1C1=C[C@H](C2CCC2)N[C@@H](C2CCC2)C1. The quantitative estimate of drug-likeness (QED) is 0.0429. The van der Waals surface area contributed by atoms with Crippen molar-refractivity contribution in [1.29, 1.82) is 0 Å². The molecule has 0 saturated heterocycles. The summed E-state index contributed by atoms with van der Waals surface area (Å²) in [7, 11) is -4.75. The Balaban J connectivity index is 0.000000187. The summed E-state index contributed by atoms with van der Waals surface area (Å²) in [6.07, 6.45) is 23.3. The van der Waals surface area contributed by atoms with Crippen LogP contribution in [0.4, 0.5) is 46.3 Å². The molecule has 12 rings (SSSR count). The Kier molecular flexibility index (Phi) is 20.2. The maximum Gasteiger partial charge on any atom is 0.229 e. The van der Waals surface area contributed by atoms with Crippen molar-refractivity contribution in [2.45, 2.75) is 203 Å². The van der Waals surface area contributed by atoms with Crippen LogP contribution in [-0.4, -0.2) is 95.6 Å². The van der Waals surface area contributed by atoms with Gasteiger partial charge >= 0.3 is 0 Å². The second kappa shape index (κ2) is 27.7. The molecule has 0 bridgehead atoms. The molecule has 0 radical (unpaired) electrons. The highest BCUT2D eigenvalue weighted by atomic mass is 35.5. The van der Waals surface area contributed by atoms with Gasteiger partial charge in [-0.1, -0.05) is 72.5 Å². The van der Waals surface area contributed by atoms with Crippen LogP contribution in [0.1, 0.15) is 155 Å². The van der Waals surface area contributed by atoms with Crippen molar-refractivity contribution in [3.8, 4) is 11.5 Å². The van der Waals surface area contributed by atoms with Gasteiger partial charge in [0.15, 0.2) is 31.3 Å². The van der Waals surface area contributed by atoms with Crippen LogP contribution in [-0.2, 0) is 19.7 Å². The van der Waals surface area contributed by atoms with E-state index < -0.39 is 30.2 Å². The van der Waals surface area contributed by atoms with Crippen LogP contribution >= 0.6 is 23.2 Å². The van der Waals surface area contributed by atoms with Crippen molar-refractivity contribution in [1.82, 2.24) is 30.2 Å². The maximum absolute atomic E-state index is 13.0. The number of rotatable bonds is 22. The number of sulfone groups is 2. The van der Waals surface area contributed by atoms with Crippen molar-refractivity contribution >= 4 is 100 Å². The lowest BCUT2D eigenvalue weighted by Gasteiger charge is -2.44. The van der Waals surface area contributed by atoms with E-state index in [2.05, 4.69) is 109 Å². The molecule has 0 spiro atoms. The predicted molar refractivity (Wildman–Crippen MR) is 370 cm³/mol. The van der Waals surface area contributed by atoms with Gasteiger partial charge in [0.1, 0.15) is 21.5 Å². The molecule has 20 heteroatoms. The number of hydrogen-bond donors (Lipinski definition) is 5. The molecule has 16 nitrogen and oxygen atoms in total. The Labute approximate surface area is 549 Å². The smallest absolute Gasteiger partial charge is 0.229 e. The molecule has 5 N–H and O–H groups in total. The van der Waals surface area contributed by atoms with Crippen molar-refractivity contribution in [3.63, 3.8) is 0 Å². The number of hydrogen-bond acceptors (Lipinski definition) is 16. The Morgan fingerprint density at radius 3 is 1.42 bits per heavy atom. The maximum atomic E-state index is 13.0. The van der Waals surface area contributed by atoms with Crippen LogP contribution in [0.2, 0.25) is 10.0 Å². The van der Waals surface area contributed by atoms with Gasteiger partial charge in [-0.05, 0) is 246 Å². The second-order valence-corrected chi connectivity index (χ2v) is 32.8. The van der Waals surface area contributed by atoms with Crippen molar-refractivity contribution in [2.75, 3.05) is 28.3 Å². The van der Waals surface area contributed by atoms with Gasteiger partial charge in [-0.3, -0.25) is 4.90 Å². The number of nitrogens with one attached hydrogen (secondary N) is 5. The average molecular weight is 1310 g/mol. The minimum atomic E-state index is -3.54. The molecule has 6 aliphatic rings. The lowest BCUT2D eigenvalue weighted by molar-refractivity contribution is 0.160. The average Bonchev–Trinajstić information content (AvgIpc) is 1.82. The number of para-hydroxylation sites is 2. The Hall–Kier alpha value is -6.28. The van der Waals surface area contributed by atoms with Crippen molar-refractivity contribution < 1.29 is 26.3 Å². The molecule has 4 heterocycles. The minimum Gasteiger partial charge on any atom is -0.489 e. The molecule has 4 fully saturated rings. The normalized spacial score (nSPS) is 20.7. The van der Waals surface area contributed by atoms with Crippen LogP contribution in [0.25, 0.3) is 11.1 Å². The van der Waals surface area contributed by atoms with E-state index in [-0.39, 0.29) is 32.0 Å². The lowest BCUT2D eigenvalue weighted by atomic mass is 9.71. The standard InChI is InChI=1S/C36H46ClN5O3S.C35H44ClN5O3S/c1-21(2)45-33-19-27(26-17-30(24-10-8-11-24)39-31(18-26)25-12-9-13-25)23(5)16-32(33)41-36-38-20-28(37)35(42-36)40-29-14-6-7-15-34(29)46(43,44)22(3)4;1-20(2)44-32-18-26(25-16-30(23-11-12-23)41(6)31(17-25)24-13-14-24)22(5)15-29(32)39-35-37-19-27(36)34(40-35)38-28-9-7-8-10-33(28)45(42,43)21(3)4/h6-7,14-17,19-22,24-25,30-31,39H,8-13,18H2,1-5H3,(H2,38,40,41,42);7-10,15-16,18-21,23-24,30-31H,11-14,17H2,1-6H3,(H2,37,38,39,40)/t30-,31-;30-,31+/m11/s1. The first-order valence-corrected chi connectivity index (χ1v) is 36.6. The van der Waals surface area contributed by atoms with Gasteiger partial charge in [0.25, 0.3) is 0 Å². The monoisotopic (exact) mass is 1310 g/mol. The number of halogens is 2. The van der Waals surface area contributed by atoms with E-state index in [4.69, 9.17) is 32.7 Å². The molecule has 4 aliphatic carbocycles. The Morgan fingerprint density at radius 1 is 0.549 bits per heavy atom. The van der Waals surface area contributed by atoms with Gasteiger partial charge in [-0.25, -0.2) is 26.8 Å². The largest absolute Gasteiger partial charge is 0.489 e. The van der Waals surface area contributed by atoms with Crippen LogP contribution in [0.3, 0.4) is 0 Å². The molecule has 0 amide bonds. The molecular formula is C71H90Cl2N10O6S2. The zero-order valence-corrected chi connectivity index (χ0v) is 57.6. The summed E-state index contributed by atoms with van der Waals surface area (Å²) in [6.45, 7) is 19.0. The molecule has 6 aromatic rings.